The van der Waals surface area contributed by atoms with E-state index in [0.29, 0.717) is 0 Å². The minimum Gasteiger partial charge on any atom is -0.0683 e. The van der Waals surface area contributed by atoms with Crippen LogP contribution in [0.3, 0.4) is 0 Å². The van der Waals surface area contributed by atoms with Gasteiger partial charge < -0.3 is 0 Å². The Hall–Kier alpha value is -0.780. The highest BCUT2D eigenvalue weighted by atomic mass is 14.0. The Balaban J connectivity index is 0. The molecule has 0 spiro atoms. The van der Waals surface area contributed by atoms with Crippen LogP contribution in [0.1, 0.15) is 77.8 Å². The number of unbranched alkanes of at least 4 members (excludes halogenated alkanes) is 3. The Kier molecular flexibility index (Phi) is 17.6. The fraction of sp³-hybridized carbons (Fsp3) is 0.667. The number of hydrogen-bond donors (Lipinski definition) is 0. The normalized spacial score (nSPS) is 8.78. The highest BCUT2D eigenvalue weighted by Crippen LogP contribution is 2.07. The van der Waals surface area contributed by atoms with Crippen molar-refractivity contribution in [2.24, 2.45) is 0 Å². The van der Waals surface area contributed by atoms with Gasteiger partial charge in [0.1, 0.15) is 0 Å². The molecule has 0 aromatic heterocycles. The van der Waals surface area contributed by atoms with E-state index in [1.165, 1.54) is 49.7 Å². The van der Waals surface area contributed by atoms with Crippen LogP contribution in [-0.2, 0) is 6.42 Å². The highest BCUT2D eigenvalue weighted by Gasteiger charge is 1.91. The van der Waals surface area contributed by atoms with Crippen molar-refractivity contribution in [1.29, 1.82) is 0 Å². The molecule has 0 amide bonds. The van der Waals surface area contributed by atoms with Gasteiger partial charge in [-0.2, -0.15) is 0 Å². The van der Waals surface area contributed by atoms with Crippen molar-refractivity contribution >= 4 is 0 Å². The van der Waals surface area contributed by atoms with E-state index in [-0.39, 0.29) is 0 Å². The van der Waals surface area contributed by atoms with Crippen molar-refractivity contribution in [1.82, 2.24) is 0 Å². The lowest BCUT2D eigenvalue weighted by Gasteiger charge is -2.00. The number of benzene rings is 1. The summed E-state index contributed by atoms with van der Waals surface area (Å²) >= 11 is 0. The van der Waals surface area contributed by atoms with Crippen molar-refractivity contribution < 1.29 is 0 Å². The standard InChI is InChI=1S/C12H18.C4H10.C2H6/c1-3-4-5-6-12-9-7-11(2)8-10-12;1-3-4-2;1-2/h7-10H,3-6H2,1-2H3;3-4H2,1-2H3;1-2H3. The third-order valence-corrected chi connectivity index (χ3v) is 2.69. The SMILES string of the molecule is CC.CCCC.CCCCCc1ccc(C)cc1. The molecule has 0 N–H and O–H groups in total. The molecule has 0 radical (unpaired) electrons. The van der Waals surface area contributed by atoms with Crippen molar-refractivity contribution in [3.63, 3.8) is 0 Å². The van der Waals surface area contributed by atoms with Crippen LogP contribution in [0, 0.1) is 6.92 Å². The molecule has 0 heteroatoms. The van der Waals surface area contributed by atoms with Crippen LogP contribution in [0.5, 0.6) is 0 Å². The average Bonchev–Trinajstić information content (AvgIpc) is 2.44. The molecule has 0 fully saturated rings. The van der Waals surface area contributed by atoms with Gasteiger partial charge in [-0.3, -0.25) is 0 Å². The van der Waals surface area contributed by atoms with E-state index >= 15 is 0 Å². The number of aryl methyl sites for hydroxylation is 2. The van der Waals surface area contributed by atoms with Gasteiger partial charge in [-0.1, -0.05) is 90.1 Å². The first-order valence-corrected chi connectivity index (χ1v) is 7.80. The summed E-state index contributed by atoms with van der Waals surface area (Å²) in [7, 11) is 0. The van der Waals surface area contributed by atoms with Crippen molar-refractivity contribution in [2.45, 2.75) is 80.1 Å². The second kappa shape index (κ2) is 16.2. The van der Waals surface area contributed by atoms with Crippen molar-refractivity contribution in [3.8, 4) is 0 Å². The molecule has 0 bridgehead atoms. The van der Waals surface area contributed by atoms with Crippen LogP contribution >= 0.6 is 0 Å². The topological polar surface area (TPSA) is 0 Å². The van der Waals surface area contributed by atoms with Gasteiger partial charge >= 0.3 is 0 Å². The Bertz CT molecular complexity index is 231. The summed E-state index contributed by atoms with van der Waals surface area (Å²) in [5.74, 6) is 0. The molecule has 1 rings (SSSR count). The van der Waals surface area contributed by atoms with E-state index in [0.717, 1.165) is 0 Å². The molecule has 0 aliphatic heterocycles. The molecule has 0 saturated carbocycles. The summed E-state index contributed by atoms with van der Waals surface area (Å²) in [6, 6.07) is 8.87. The molecule has 0 saturated heterocycles. The molecular weight excluding hydrogens is 216 g/mol. The third-order valence-electron chi connectivity index (χ3n) is 2.69. The van der Waals surface area contributed by atoms with E-state index in [4.69, 9.17) is 0 Å². The number of hydrogen-bond acceptors (Lipinski definition) is 0. The number of rotatable bonds is 5. The van der Waals surface area contributed by atoms with Gasteiger partial charge in [-0.25, -0.2) is 0 Å². The third kappa shape index (κ3) is 13.3. The van der Waals surface area contributed by atoms with Gasteiger partial charge in [0, 0.05) is 0 Å². The smallest absolute Gasteiger partial charge is 0.0279 e. The summed E-state index contributed by atoms with van der Waals surface area (Å²) in [6.45, 7) is 12.7. The zero-order valence-electron chi connectivity index (χ0n) is 13.6. The maximum Gasteiger partial charge on any atom is -0.0279 e. The predicted octanol–water partition coefficient (Wildman–Crippen LogP) is 6.56. The maximum absolute atomic E-state index is 2.25. The van der Waals surface area contributed by atoms with E-state index in [1.54, 1.807) is 0 Å². The molecule has 1 aromatic rings. The highest BCUT2D eigenvalue weighted by molar-refractivity contribution is 5.21. The molecule has 0 nitrogen and oxygen atoms in total. The molecule has 0 heterocycles. The van der Waals surface area contributed by atoms with E-state index in [9.17, 15) is 0 Å². The van der Waals surface area contributed by atoms with Gasteiger partial charge in [0.05, 0.1) is 0 Å². The largest absolute Gasteiger partial charge is 0.0683 e. The van der Waals surface area contributed by atoms with Crippen LogP contribution in [0.4, 0.5) is 0 Å². The first-order chi connectivity index (χ1) is 8.74. The zero-order valence-corrected chi connectivity index (χ0v) is 13.6. The fourth-order valence-corrected chi connectivity index (χ4v) is 1.33. The summed E-state index contributed by atoms with van der Waals surface area (Å²) in [4.78, 5) is 0. The predicted molar refractivity (Wildman–Crippen MR) is 86.3 cm³/mol. The fourth-order valence-electron chi connectivity index (χ4n) is 1.33. The van der Waals surface area contributed by atoms with Crippen LogP contribution < -0.4 is 0 Å². The van der Waals surface area contributed by atoms with Crippen molar-refractivity contribution in [2.75, 3.05) is 0 Å². The zero-order chi connectivity index (χ0) is 14.2. The Morgan fingerprint density at radius 2 is 1.22 bits per heavy atom. The Morgan fingerprint density at radius 3 is 1.61 bits per heavy atom. The summed E-state index contributed by atoms with van der Waals surface area (Å²) in [6.07, 6.45) is 7.88. The molecule has 0 atom stereocenters. The van der Waals surface area contributed by atoms with Crippen LogP contribution in [0.15, 0.2) is 24.3 Å². The van der Waals surface area contributed by atoms with E-state index in [2.05, 4.69) is 52.0 Å². The lowest BCUT2D eigenvalue weighted by Crippen LogP contribution is -1.84. The van der Waals surface area contributed by atoms with Gasteiger partial charge in [0.2, 0.25) is 0 Å². The summed E-state index contributed by atoms with van der Waals surface area (Å²) < 4.78 is 0. The molecule has 1 aromatic carbocycles. The monoisotopic (exact) mass is 250 g/mol. The van der Waals surface area contributed by atoms with Gasteiger partial charge in [0.15, 0.2) is 0 Å². The molecule has 0 aliphatic rings. The lowest BCUT2D eigenvalue weighted by molar-refractivity contribution is 0.717. The van der Waals surface area contributed by atoms with Gasteiger partial charge in [0.25, 0.3) is 0 Å². The van der Waals surface area contributed by atoms with Crippen LogP contribution in [-0.4, -0.2) is 0 Å². The molecule has 0 unspecified atom stereocenters. The molecule has 0 aliphatic carbocycles. The maximum atomic E-state index is 2.25. The van der Waals surface area contributed by atoms with E-state index < -0.39 is 0 Å². The summed E-state index contributed by atoms with van der Waals surface area (Å²) in [5, 5.41) is 0. The average molecular weight is 250 g/mol. The Labute approximate surface area is 116 Å². The Morgan fingerprint density at radius 1 is 0.722 bits per heavy atom. The minimum atomic E-state index is 1.24. The lowest BCUT2D eigenvalue weighted by atomic mass is 10.1. The molecule has 18 heavy (non-hydrogen) atoms. The molecular formula is C18H34. The minimum absolute atomic E-state index is 1.24. The van der Waals surface area contributed by atoms with Crippen molar-refractivity contribution in [3.05, 3.63) is 35.4 Å². The second-order valence-electron chi connectivity index (χ2n) is 4.44. The first kappa shape index (κ1) is 19.6. The van der Waals surface area contributed by atoms with Crippen LogP contribution in [0.2, 0.25) is 0 Å². The first-order valence-electron chi connectivity index (χ1n) is 7.80. The second-order valence-corrected chi connectivity index (χ2v) is 4.44. The van der Waals surface area contributed by atoms with Gasteiger partial charge in [-0.05, 0) is 25.3 Å². The van der Waals surface area contributed by atoms with Crippen LogP contribution in [0.25, 0.3) is 0 Å². The van der Waals surface area contributed by atoms with E-state index in [1.807, 2.05) is 13.8 Å². The van der Waals surface area contributed by atoms with Gasteiger partial charge in [-0.15, -0.1) is 0 Å². The molecule has 106 valence electrons. The quantitative estimate of drug-likeness (QED) is 0.519. The summed E-state index contributed by atoms with van der Waals surface area (Å²) in [5.41, 5.74) is 2.84.